The SMILES string of the molecule is CC(C)CN(C)c1c(Cl)cc(N)cc1Cl. The summed E-state index contributed by atoms with van der Waals surface area (Å²) in [6.45, 7) is 5.20. The number of hydrogen-bond acceptors (Lipinski definition) is 2. The Kier molecular flexibility index (Phi) is 4.12. The summed E-state index contributed by atoms with van der Waals surface area (Å²) in [5.41, 5.74) is 7.08. The number of anilines is 2. The van der Waals surface area contributed by atoms with Crippen LogP contribution in [0.1, 0.15) is 13.8 Å². The molecule has 1 rings (SSSR count). The molecule has 0 spiro atoms. The van der Waals surface area contributed by atoms with E-state index in [0.29, 0.717) is 21.7 Å². The predicted molar refractivity (Wildman–Crippen MR) is 69.0 cm³/mol. The standard InChI is InChI=1S/C11H16Cl2N2/c1-7(2)6-15(3)11-9(12)4-8(14)5-10(11)13/h4-5,7H,6,14H2,1-3H3. The predicted octanol–water partition coefficient (Wildman–Crippen LogP) is 3.67. The highest BCUT2D eigenvalue weighted by Gasteiger charge is 2.12. The number of benzene rings is 1. The monoisotopic (exact) mass is 246 g/mol. The van der Waals surface area contributed by atoms with Gasteiger partial charge in [0.25, 0.3) is 0 Å². The molecule has 0 aliphatic rings. The smallest absolute Gasteiger partial charge is 0.0743 e. The van der Waals surface area contributed by atoms with Crippen LogP contribution in [0.4, 0.5) is 11.4 Å². The molecule has 0 unspecified atom stereocenters. The lowest BCUT2D eigenvalue weighted by Crippen LogP contribution is -2.23. The Balaban J connectivity index is 3.03. The molecule has 1 aromatic carbocycles. The van der Waals surface area contributed by atoms with Gasteiger partial charge in [0, 0.05) is 19.3 Å². The largest absolute Gasteiger partial charge is 0.399 e. The molecule has 0 saturated carbocycles. The topological polar surface area (TPSA) is 29.3 Å². The number of nitrogens with two attached hydrogens (primary N) is 1. The van der Waals surface area contributed by atoms with E-state index in [1.807, 2.05) is 7.05 Å². The van der Waals surface area contributed by atoms with E-state index in [4.69, 9.17) is 28.9 Å². The van der Waals surface area contributed by atoms with Gasteiger partial charge in [-0.15, -0.1) is 0 Å². The van der Waals surface area contributed by atoms with E-state index in [9.17, 15) is 0 Å². The maximum atomic E-state index is 6.11. The molecule has 0 atom stereocenters. The zero-order valence-corrected chi connectivity index (χ0v) is 10.7. The van der Waals surface area contributed by atoms with Crippen LogP contribution in [0.3, 0.4) is 0 Å². The highest BCUT2D eigenvalue weighted by atomic mass is 35.5. The van der Waals surface area contributed by atoms with Gasteiger partial charge in [0.15, 0.2) is 0 Å². The third-order valence-corrected chi connectivity index (χ3v) is 2.64. The zero-order chi connectivity index (χ0) is 11.6. The van der Waals surface area contributed by atoms with Crippen LogP contribution in [-0.4, -0.2) is 13.6 Å². The van der Waals surface area contributed by atoms with Gasteiger partial charge < -0.3 is 10.6 Å². The number of halogens is 2. The number of hydrogen-bond donors (Lipinski definition) is 1. The Bertz CT molecular complexity index is 327. The third-order valence-electron chi connectivity index (χ3n) is 2.06. The minimum atomic E-state index is 0.555. The maximum Gasteiger partial charge on any atom is 0.0743 e. The molecule has 0 aliphatic heterocycles. The lowest BCUT2D eigenvalue weighted by atomic mass is 10.2. The second-order valence-corrected chi connectivity index (χ2v) is 4.92. The quantitative estimate of drug-likeness (QED) is 0.826. The molecular formula is C11H16Cl2N2. The summed E-state index contributed by atoms with van der Waals surface area (Å²) in [5, 5.41) is 1.20. The molecule has 0 fully saturated rings. The summed E-state index contributed by atoms with van der Waals surface area (Å²) in [7, 11) is 1.98. The summed E-state index contributed by atoms with van der Waals surface area (Å²) in [5.74, 6) is 0.555. The van der Waals surface area contributed by atoms with Gasteiger partial charge in [0.2, 0.25) is 0 Å². The molecule has 15 heavy (non-hydrogen) atoms. The summed E-state index contributed by atoms with van der Waals surface area (Å²) in [6, 6.07) is 3.44. The van der Waals surface area contributed by atoms with Gasteiger partial charge in [-0.25, -0.2) is 0 Å². The molecule has 2 nitrogen and oxygen atoms in total. The van der Waals surface area contributed by atoms with Gasteiger partial charge in [-0.3, -0.25) is 0 Å². The van der Waals surface area contributed by atoms with Crippen molar-refractivity contribution in [3.63, 3.8) is 0 Å². The fourth-order valence-electron chi connectivity index (χ4n) is 1.59. The number of nitrogens with zero attached hydrogens (tertiary/aromatic N) is 1. The summed E-state index contributed by atoms with van der Waals surface area (Å²) in [6.07, 6.45) is 0. The second-order valence-electron chi connectivity index (χ2n) is 4.11. The molecule has 0 heterocycles. The highest BCUT2D eigenvalue weighted by Crippen LogP contribution is 2.35. The maximum absolute atomic E-state index is 6.11. The fraction of sp³-hybridized carbons (Fsp3) is 0.455. The van der Waals surface area contributed by atoms with Crippen molar-refractivity contribution in [1.82, 2.24) is 0 Å². The Morgan fingerprint density at radius 3 is 2.13 bits per heavy atom. The van der Waals surface area contributed by atoms with E-state index in [2.05, 4.69) is 18.7 Å². The van der Waals surface area contributed by atoms with E-state index >= 15 is 0 Å². The van der Waals surface area contributed by atoms with Crippen LogP contribution < -0.4 is 10.6 Å². The van der Waals surface area contributed by atoms with Gasteiger partial charge in [-0.05, 0) is 18.1 Å². The fourth-order valence-corrected chi connectivity index (χ4v) is 2.38. The lowest BCUT2D eigenvalue weighted by Gasteiger charge is -2.24. The molecule has 84 valence electrons. The van der Waals surface area contributed by atoms with Gasteiger partial charge in [-0.1, -0.05) is 37.0 Å². The average Bonchev–Trinajstić information content (AvgIpc) is 1.99. The van der Waals surface area contributed by atoms with Crippen molar-refractivity contribution < 1.29 is 0 Å². The van der Waals surface area contributed by atoms with E-state index in [0.717, 1.165) is 12.2 Å². The van der Waals surface area contributed by atoms with Crippen LogP contribution in [0.5, 0.6) is 0 Å². The van der Waals surface area contributed by atoms with Crippen molar-refractivity contribution in [3.8, 4) is 0 Å². The van der Waals surface area contributed by atoms with Crippen molar-refractivity contribution in [2.45, 2.75) is 13.8 Å². The van der Waals surface area contributed by atoms with Crippen molar-refractivity contribution in [3.05, 3.63) is 22.2 Å². The van der Waals surface area contributed by atoms with E-state index in [1.54, 1.807) is 12.1 Å². The van der Waals surface area contributed by atoms with Gasteiger partial charge in [0.1, 0.15) is 0 Å². The molecular weight excluding hydrogens is 231 g/mol. The van der Waals surface area contributed by atoms with Crippen LogP contribution in [0.2, 0.25) is 10.0 Å². The van der Waals surface area contributed by atoms with Crippen LogP contribution in [-0.2, 0) is 0 Å². The molecule has 4 heteroatoms. The number of nitrogen functional groups attached to an aromatic ring is 1. The molecule has 0 radical (unpaired) electrons. The summed E-state index contributed by atoms with van der Waals surface area (Å²) >= 11 is 12.2. The van der Waals surface area contributed by atoms with Crippen LogP contribution in [0, 0.1) is 5.92 Å². The van der Waals surface area contributed by atoms with Crippen molar-refractivity contribution in [2.75, 3.05) is 24.2 Å². The van der Waals surface area contributed by atoms with Crippen molar-refractivity contribution in [2.24, 2.45) is 5.92 Å². The van der Waals surface area contributed by atoms with E-state index < -0.39 is 0 Å². The molecule has 0 saturated heterocycles. The highest BCUT2D eigenvalue weighted by molar-refractivity contribution is 6.39. The van der Waals surface area contributed by atoms with Gasteiger partial charge in [0.05, 0.1) is 15.7 Å². The summed E-state index contributed by atoms with van der Waals surface area (Å²) in [4.78, 5) is 2.05. The first-order valence-electron chi connectivity index (χ1n) is 4.87. The normalized spacial score (nSPS) is 10.8. The summed E-state index contributed by atoms with van der Waals surface area (Å²) < 4.78 is 0. The second kappa shape index (κ2) is 4.95. The van der Waals surface area contributed by atoms with Crippen molar-refractivity contribution in [1.29, 1.82) is 0 Å². The Labute approximate surface area is 101 Å². The molecule has 0 aromatic heterocycles. The molecule has 2 N–H and O–H groups in total. The first kappa shape index (κ1) is 12.5. The Morgan fingerprint density at radius 2 is 1.73 bits per heavy atom. The Hall–Kier alpha value is -0.600. The molecule has 0 amide bonds. The molecule has 0 aliphatic carbocycles. The van der Waals surface area contributed by atoms with Crippen LogP contribution in [0.15, 0.2) is 12.1 Å². The average molecular weight is 247 g/mol. The van der Waals surface area contributed by atoms with Crippen LogP contribution in [0.25, 0.3) is 0 Å². The van der Waals surface area contributed by atoms with Gasteiger partial charge >= 0.3 is 0 Å². The van der Waals surface area contributed by atoms with E-state index in [-0.39, 0.29) is 0 Å². The molecule has 0 bridgehead atoms. The Morgan fingerprint density at radius 1 is 1.27 bits per heavy atom. The van der Waals surface area contributed by atoms with Gasteiger partial charge in [-0.2, -0.15) is 0 Å². The third kappa shape index (κ3) is 3.18. The van der Waals surface area contributed by atoms with Crippen molar-refractivity contribution >= 4 is 34.6 Å². The number of rotatable bonds is 3. The van der Waals surface area contributed by atoms with E-state index in [1.165, 1.54) is 0 Å². The minimum absolute atomic E-state index is 0.555. The van der Waals surface area contributed by atoms with Crippen LogP contribution >= 0.6 is 23.2 Å². The first-order valence-corrected chi connectivity index (χ1v) is 5.63. The first-order chi connectivity index (χ1) is 6.91. The molecule has 1 aromatic rings. The lowest BCUT2D eigenvalue weighted by molar-refractivity contribution is 0.638. The minimum Gasteiger partial charge on any atom is -0.399 e. The zero-order valence-electron chi connectivity index (χ0n) is 9.22.